The van der Waals surface area contributed by atoms with E-state index in [1.54, 1.807) is 0 Å². The molecule has 0 spiro atoms. The minimum absolute atomic E-state index is 0.00626. The monoisotopic (exact) mass is 317 g/mol. The molecule has 1 aliphatic heterocycles. The topological polar surface area (TPSA) is 47.6 Å². The lowest BCUT2D eigenvalue weighted by atomic mass is 10.1. The van der Waals surface area contributed by atoms with Gasteiger partial charge in [-0.1, -0.05) is 24.3 Å². The van der Waals surface area contributed by atoms with E-state index in [0.29, 0.717) is 0 Å². The standard InChI is InChI=1S/C17H13F2NO3/c18-17(19)22-14-6-5-12(9-15(14)23-17)16(21)20-13-7-10-3-1-2-4-11(10)8-13/h1-6,9,13H,7-8H2,(H,20,21). The first-order valence-corrected chi connectivity index (χ1v) is 7.28. The van der Waals surface area contributed by atoms with Gasteiger partial charge >= 0.3 is 6.29 Å². The third-order valence-electron chi connectivity index (χ3n) is 4.05. The van der Waals surface area contributed by atoms with Gasteiger partial charge in [-0.3, -0.25) is 4.79 Å². The van der Waals surface area contributed by atoms with Gasteiger partial charge in [0, 0.05) is 11.6 Å². The SMILES string of the molecule is O=C(NC1Cc2ccccc2C1)c1ccc2c(c1)OC(F)(F)O2. The van der Waals surface area contributed by atoms with E-state index in [9.17, 15) is 13.6 Å². The first-order valence-electron chi connectivity index (χ1n) is 7.28. The summed E-state index contributed by atoms with van der Waals surface area (Å²) >= 11 is 0. The van der Waals surface area contributed by atoms with Crippen LogP contribution in [-0.2, 0) is 12.8 Å². The van der Waals surface area contributed by atoms with E-state index in [-0.39, 0.29) is 29.0 Å². The van der Waals surface area contributed by atoms with Gasteiger partial charge in [0.25, 0.3) is 5.91 Å². The summed E-state index contributed by atoms with van der Waals surface area (Å²) in [4.78, 5) is 12.3. The number of carbonyl (C=O) groups is 1. The summed E-state index contributed by atoms with van der Waals surface area (Å²) in [5, 5.41) is 2.93. The van der Waals surface area contributed by atoms with Gasteiger partial charge < -0.3 is 14.8 Å². The van der Waals surface area contributed by atoms with Crippen LogP contribution in [-0.4, -0.2) is 18.2 Å². The summed E-state index contributed by atoms with van der Waals surface area (Å²) < 4.78 is 34.7. The molecule has 4 rings (SSSR count). The molecule has 2 aromatic rings. The Balaban J connectivity index is 1.47. The minimum Gasteiger partial charge on any atom is -0.395 e. The highest BCUT2D eigenvalue weighted by atomic mass is 19.3. The van der Waals surface area contributed by atoms with Crippen molar-refractivity contribution < 1.29 is 23.0 Å². The molecule has 118 valence electrons. The van der Waals surface area contributed by atoms with E-state index in [2.05, 4.69) is 14.8 Å². The number of carbonyl (C=O) groups excluding carboxylic acids is 1. The number of nitrogens with one attached hydrogen (secondary N) is 1. The van der Waals surface area contributed by atoms with Crippen molar-refractivity contribution in [3.05, 3.63) is 59.2 Å². The zero-order valence-corrected chi connectivity index (χ0v) is 12.0. The van der Waals surface area contributed by atoms with Crippen LogP contribution in [0.4, 0.5) is 8.78 Å². The Morgan fingerprint density at radius 1 is 1.04 bits per heavy atom. The van der Waals surface area contributed by atoms with Crippen LogP contribution in [0.5, 0.6) is 11.5 Å². The zero-order valence-electron chi connectivity index (χ0n) is 12.0. The molecule has 0 radical (unpaired) electrons. The first-order chi connectivity index (χ1) is 11.0. The van der Waals surface area contributed by atoms with E-state index >= 15 is 0 Å². The third-order valence-corrected chi connectivity index (χ3v) is 4.05. The van der Waals surface area contributed by atoms with E-state index in [4.69, 9.17) is 0 Å². The molecule has 0 fully saturated rings. The Labute approximate surface area is 131 Å². The number of benzene rings is 2. The van der Waals surface area contributed by atoms with Crippen molar-refractivity contribution in [1.29, 1.82) is 0 Å². The number of hydrogen-bond acceptors (Lipinski definition) is 3. The molecule has 4 nitrogen and oxygen atoms in total. The Morgan fingerprint density at radius 2 is 1.70 bits per heavy atom. The van der Waals surface area contributed by atoms with Crippen molar-refractivity contribution in [2.24, 2.45) is 0 Å². The number of halogens is 2. The molecule has 1 heterocycles. The summed E-state index contributed by atoms with van der Waals surface area (Å²) in [7, 11) is 0. The van der Waals surface area contributed by atoms with Crippen LogP contribution in [0, 0.1) is 0 Å². The molecule has 0 saturated carbocycles. The van der Waals surface area contributed by atoms with Gasteiger partial charge in [0.2, 0.25) is 0 Å². The first kappa shape index (κ1) is 14.0. The van der Waals surface area contributed by atoms with Crippen molar-refractivity contribution in [2.75, 3.05) is 0 Å². The van der Waals surface area contributed by atoms with Gasteiger partial charge in [-0.15, -0.1) is 8.78 Å². The van der Waals surface area contributed by atoms with Crippen LogP contribution in [0.2, 0.25) is 0 Å². The van der Waals surface area contributed by atoms with Crippen LogP contribution in [0.3, 0.4) is 0 Å². The van der Waals surface area contributed by atoms with Crippen LogP contribution in [0.15, 0.2) is 42.5 Å². The molecule has 0 saturated heterocycles. The summed E-state index contributed by atoms with van der Waals surface area (Å²) in [6, 6.07) is 12.1. The van der Waals surface area contributed by atoms with Gasteiger partial charge in [0.1, 0.15) is 0 Å². The summed E-state index contributed by atoms with van der Waals surface area (Å²) in [5.74, 6) is -0.512. The number of amides is 1. The van der Waals surface area contributed by atoms with Crippen LogP contribution < -0.4 is 14.8 Å². The largest absolute Gasteiger partial charge is 0.586 e. The smallest absolute Gasteiger partial charge is 0.395 e. The molecule has 0 atom stereocenters. The number of alkyl halides is 2. The van der Waals surface area contributed by atoms with Crippen molar-refractivity contribution in [2.45, 2.75) is 25.2 Å². The lowest BCUT2D eigenvalue weighted by Gasteiger charge is -2.12. The Hall–Kier alpha value is -2.63. The minimum atomic E-state index is -3.68. The highest BCUT2D eigenvalue weighted by molar-refractivity contribution is 5.95. The second kappa shape index (κ2) is 4.94. The van der Waals surface area contributed by atoms with Crippen molar-refractivity contribution >= 4 is 5.91 Å². The summed E-state index contributed by atoms with van der Waals surface area (Å²) in [6.45, 7) is 0. The molecule has 0 aromatic heterocycles. The number of hydrogen-bond donors (Lipinski definition) is 1. The summed E-state index contributed by atoms with van der Waals surface area (Å²) in [6.07, 6.45) is -2.14. The third kappa shape index (κ3) is 2.60. The van der Waals surface area contributed by atoms with E-state index in [1.807, 2.05) is 24.3 Å². The highest BCUT2D eigenvalue weighted by Crippen LogP contribution is 2.41. The van der Waals surface area contributed by atoms with Crippen molar-refractivity contribution in [1.82, 2.24) is 5.32 Å². The molecule has 0 bridgehead atoms. The van der Waals surface area contributed by atoms with Crippen molar-refractivity contribution in [3.63, 3.8) is 0 Å². The zero-order chi connectivity index (χ0) is 16.0. The quantitative estimate of drug-likeness (QED) is 0.926. The molecule has 1 amide bonds. The Bertz CT molecular complexity index is 766. The fraction of sp³-hybridized carbons (Fsp3) is 0.235. The number of ether oxygens (including phenoxy) is 2. The average molecular weight is 317 g/mol. The van der Waals surface area contributed by atoms with E-state index in [0.717, 1.165) is 12.8 Å². The lowest BCUT2D eigenvalue weighted by Crippen LogP contribution is -2.35. The van der Waals surface area contributed by atoms with E-state index in [1.165, 1.54) is 29.3 Å². The molecule has 1 N–H and O–H groups in total. The van der Waals surface area contributed by atoms with Gasteiger partial charge in [-0.25, -0.2) is 0 Å². The molecule has 2 aromatic carbocycles. The van der Waals surface area contributed by atoms with E-state index < -0.39 is 6.29 Å². The van der Waals surface area contributed by atoms with Gasteiger partial charge in [0.05, 0.1) is 0 Å². The molecular formula is C17H13F2NO3. The highest BCUT2D eigenvalue weighted by Gasteiger charge is 2.43. The molecule has 6 heteroatoms. The van der Waals surface area contributed by atoms with Gasteiger partial charge in [-0.05, 0) is 42.2 Å². The predicted molar refractivity (Wildman–Crippen MR) is 77.7 cm³/mol. The second-order valence-electron chi connectivity index (χ2n) is 5.68. The van der Waals surface area contributed by atoms with Crippen LogP contribution >= 0.6 is 0 Å². The maximum absolute atomic E-state index is 13.0. The maximum Gasteiger partial charge on any atom is 0.586 e. The molecular weight excluding hydrogens is 304 g/mol. The lowest BCUT2D eigenvalue weighted by molar-refractivity contribution is -0.286. The Kier molecular flexibility index (Phi) is 3.01. The molecule has 23 heavy (non-hydrogen) atoms. The second-order valence-corrected chi connectivity index (χ2v) is 5.68. The molecule has 1 aliphatic carbocycles. The fourth-order valence-corrected chi connectivity index (χ4v) is 3.02. The maximum atomic E-state index is 13.0. The predicted octanol–water partition coefficient (Wildman–Crippen LogP) is 2.91. The fourth-order valence-electron chi connectivity index (χ4n) is 3.02. The summed E-state index contributed by atoms with van der Waals surface area (Å²) in [5.41, 5.74) is 2.72. The normalized spacial score (nSPS) is 17.8. The Morgan fingerprint density at radius 3 is 2.39 bits per heavy atom. The average Bonchev–Trinajstić information content (AvgIpc) is 3.03. The number of rotatable bonds is 2. The van der Waals surface area contributed by atoms with Crippen LogP contribution in [0.1, 0.15) is 21.5 Å². The van der Waals surface area contributed by atoms with Gasteiger partial charge in [0.15, 0.2) is 11.5 Å². The molecule has 2 aliphatic rings. The van der Waals surface area contributed by atoms with Crippen LogP contribution in [0.25, 0.3) is 0 Å². The van der Waals surface area contributed by atoms with Crippen molar-refractivity contribution in [3.8, 4) is 11.5 Å². The molecule has 0 unspecified atom stereocenters. The van der Waals surface area contributed by atoms with Gasteiger partial charge in [-0.2, -0.15) is 0 Å². The number of fused-ring (bicyclic) bond motifs is 2.